The molecule has 0 bridgehead atoms. The summed E-state index contributed by atoms with van der Waals surface area (Å²) in [7, 11) is 0. The molecule has 60 valence electrons. The zero-order chi connectivity index (χ0) is 7.61. The van der Waals surface area contributed by atoms with Crippen LogP contribution in [0, 0.1) is 0 Å². The van der Waals surface area contributed by atoms with Crippen LogP contribution in [-0.2, 0) is 4.74 Å². The summed E-state index contributed by atoms with van der Waals surface area (Å²) in [5.41, 5.74) is 0. The van der Waals surface area contributed by atoms with Gasteiger partial charge >= 0.3 is 0 Å². The average molecular weight is 162 g/mol. The van der Waals surface area contributed by atoms with E-state index in [1.807, 2.05) is 13.8 Å². The zero-order valence-corrected chi connectivity index (χ0v) is 7.28. The SMILES string of the molecule is CC1OCCCSC1(C)O. The smallest absolute Gasteiger partial charge is 0.133 e. The molecule has 1 fully saturated rings. The van der Waals surface area contributed by atoms with Gasteiger partial charge in [-0.3, -0.25) is 0 Å². The van der Waals surface area contributed by atoms with E-state index in [2.05, 4.69) is 0 Å². The van der Waals surface area contributed by atoms with Crippen LogP contribution in [0.2, 0.25) is 0 Å². The highest BCUT2D eigenvalue weighted by Gasteiger charge is 2.31. The first-order chi connectivity index (χ1) is 4.63. The van der Waals surface area contributed by atoms with Gasteiger partial charge in [-0.25, -0.2) is 0 Å². The van der Waals surface area contributed by atoms with Gasteiger partial charge in [-0.2, -0.15) is 0 Å². The fraction of sp³-hybridized carbons (Fsp3) is 1.00. The van der Waals surface area contributed by atoms with Crippen LogP contribution >= 0.6 is 11.8 Å². The number of hydrogen-bond acceptors (Lipinski definition) is 3. The van der Waals surface area contributed by atoms with Crippen LogP contribution in [0.25, 0.3) is 0 Å². The lowest BCUT2D eigenvalue weighted by Crippen LogP contribution is -2.34. The van der Waals surface area contributed by atoms with Gasteiger partial charge in [0, 0.05) is 6.61 Å². The molecule has 0 aromatic heterocycles. The van der Waals surface area contributed by atoms with Gasteiger partial charge in [0.15, 0.2) is 0 Å². The van der Waals surface area contributed by atoms with E-state index in [0.717, 1.165) is 18.8 Å². The summed E-state index contributed by atoms with van der Waals surface area (Å²) in [6.45, 7) is 4.51. The van der Waals surface area contributed by atoms with E-state index in [-0.39, 0.29) is 6.10 Å². The molecule has 0 amide bonds. The summed E-state index contributed by atoms with van der Waals surface area (Å²) in [6.07, 6.45) is 1.01. The van der Waals surface area contributed by atoms with Crippen LogP contribution in [0.3, 0.4) is 0 Å². The van der Waals surface area contributed by atoms with Gasteiger partial charge in [-0.05, 0) is 26.0 Å². The average Bonchev–Trinajstić information content (AvgIpc) is 1.96. The first-order valence-corrected chi connectivity index (χ1v) is 4.59. The van der Waals surface area contributed by atoms with E-state index in [1.54, 1.807) is 11.8 Å². The first kappa shape index (κ1) is 8.37. The van der Waals surface area contributed by atoms with Crippen LogP contribution in [0.4, 0.5) is 0 Å². The maximum absolute atomic E-state index is 9.66. The molecular formula is C7H14O2S. The van der Waals surface area contributed by atoms with Crippen molar-refractivity contribution in [1.82, 2.24) is 0 Å². The van der Waals surface area contributed by atoms with Crippen molar-refractivity contribution in [1.29, 1.82) is 0 Å². The van der Waals surface area contributed by atoms with Crippen molar-refractivity contribution >= 4 is 11.8 Å². The normalized spacial score (nSPS) is 42.9. The Hall–Kier alpha value is 0.270. The quantitative estimate of drug-likeness (QED) is 0.581. The molecule has 10 heavy (non-hydrogen) atoms. The van der Waals surface area contributed by atoms with Crippen LogP contribution < -0.4 is 0 Å². The third kappa shape index (κ3) is 1.87. The Kier molecular flexibility index (Phi) is 2.61. The summed E-state index contributed by atoms with van der Waals surface area (Å²) in [6, 6.07) is 0. The summed E-state index contributed by atoms with van der Waals surface area (Å²) in [5, 5.41) is 9.66. The Morgan fingerprint density at radius 1 is 1.70 bits per heavy atom. The van der Waals surface area contributed by atoms with Gasteiger partial charge in [0.1, 0.15) is 4.93 Å². The molecule has 0 spiro atoms. The summed E-state index contributed by atoms with van der Waals surface area (Å²) in [4.78, 5) is -0.684. The second kappa shape index (κ2) is 3.11. The third-order valence-electron chi connectivity index (χ3n) is 1.81. The molecule has 0 aromatic rings. The van der Waals surface area contributed by atoms with E-state index in [4.69, 9.17) is 4.74 Å². The maximum Gasteiger partial charge on any atom is 0.133 e. The second-order valence-corrected chi connectivity index (χ2v) is 4.29. The number of rotatable bonds is 0. The van der Waals surface area contributed by atoms with Crippen LogP contribution in [-0.4, -0.2) is 28.5 Å². The van der Waals surface area contributed by atoms with E-state index >= 15 is 0 Å². The predicted molar refractivity (Wildman–Crippen MR) is 43.1 cm³/mol. The molecular weight excluding hydrogens is 148 g/mol. The van der Waals surface area contributed by atoms with Gasteiger partial charge in [0.2, 0.25) is 0 Å². The van der Waals surface area contributed by atoms with Gasteiger partial charge < -0.3 is 9.84 Å². The molecule has 0 aromatic carbocycles. The van der Waals surface area contributed by atoms with Gasteiger partial charge in [-0.15, -0.1) is 11.8 Å². The lowest BCUT2D eigenvalue weighted by Gasteiger charge is -2.26. The summed E-state index contributed by atoms with van der Waals surface area (Å²) < 4.78 is 5.35. The topological polar surface area (TPSA) is 29.5 Å². The second-order valence-electron chi connectivity index (χ2n) is 2.77. The van der Waals surface area contributed by atoms with Crippen LogP contribution in [0.1, 0.15) is 20.3 Å². The van der Waals surface area contributed by atoms with E-state index in [9.17, 15) is 5.11 Å². The maximum atomic E-state index is 9.66. The Balaban J connectivity index is 2.52. The first-order valence-electron chi connectivity index (χ1n) is 3.61. The molecule has 2 unspecified atom stereocenters. The molecule has 1 aliphatic rings. The summed E-state index contributed by atoms with van der Waals surface area (Å²) in [5.74, 6) is 0.997. The van der Waals surface area contributed by atoms with Crippen molar-refractivity contribution in [2.75, 3.05) is 12.4 Å². The van der Waals surface area contributed by atoms with Crippen molar-refractivity contribution in [2.45, 2.75) is 31.3 Å². The van der Waals surface area contributed by atoms with Crippen molar-refractivity contribution in [2.24, 2.45) is 0 Å². The molecule has 0 radical (unpaired) electrons. The molecule has 2 nitrogen and oxygen atoms in total. The Bertz CT molecular complexity index is 114. The van der Waals surface area contributed by atoms with Gasteiger partial charge in [0.05, 0.1) is 6.10 Å². The fourth-order valence-corrected chi connectivity index (χ4v) is 1.85. The lowest BCUT2D eigenvalue weighted by molar-refractivity contribution is -0.0319. The standard InChI is InChI=1S/C7H14O2S/c1-6-7(2,8)10-5-3-4-9-6/h6,8H,3-5H2,1-2H3. The van der Waals surface area contributed by atoms with Crippen LogP contribution in [0.5, 0.6) is 0 Å². The van der Waals surface area contributed by atoms with Gasteiger partial charge in [-0.1, -0.05) is 0 Å². The minimum Gasteiger partial charge on any atom is -0.377 e. The molecule has 1 aliphatic heterocycles. The molecule has 1 heterocycles. The molecule has 3 heteroatoms. The Morgan fingerprint density at radius 3 is 3.10 bits per heavy atom. The zero-order valence-electron chi connectivity index (χ0n) is 6.46. The minimum absolute atomic E-state index is 0.0417. The highest BCUT2D eigenvalue weighted by molar-refractivity contribution is 8.00. The van der Waals surface area contributed by atoms with Crippen molar-refractivity contribution in [3.05, 3.63) is 0 Å². The fourth-order valence-electron chi connectivity index (χ4n) is 0.870. The highest BCUT2D eigenvalue weighted by atomic mass is 32.2. The number of aliphatic hydroxyl groups is 1. The van der Waals surface area contributed by atoms with Gasteiger partial charge in [0.25, 0.3) is 0 Å². The van der Waals surface area contributed by atoms with E-state index in [1.165, 1.54) is 0 Å². The van der Waals surface area contributed by atoms with Crippen molar-refractivity contribution < 1.29 is 9.84 Å². The third-order valence-corrected chi connectivity index (χ3v) is 3.21. The number of hydrogen-bond donors (Lipinski definition) is 1. The molecule has 1 saturated heterocycles. The van der Waals surface area contributed by atoms with E-state index < -0.39 is 4.93 Å². The van der Waals surface area contributed by atoms with Crippen molar-refractivity contribution in [3.8, 4) is 0 Å². The predicted octanol–water partition coefficient (Wildman–Crippen LogP) is 1.24. The lowest BCUT2D eigenvalue weighted by atomic mass is 10.2. The monoisotopic (exact) mass is 162 g/mol. The Labute approximate surface area is 66.0 Å². The molecule has 0 saturated carbocycles. The minimum atomic E-state index is -0.684. The highest BCUT2D eigenvalue weighted by Crippen LogP contribution is 2.30. The van der Waals surface area contributed by atoms with Crippen molar-refractivity contribution in [3.63, 3.8) is 0 Å². The molecule has 2 atom stereocenters. The molecule has 1 rings (SSSR count). The van der Waals surface area contributed by atoms with E-state index in [0.29, 0.717) is 0 Å². The number of ether oxygens (including phenoxy) is 1. The Morgan fingerprint density at radius 2 is 2.40 bits per heavy atom. The molecule has 0 aliphatic carbocycles. The largest absolute Gasteiger partial charge is 0.377 e. The molecule has 1 N–H and O–H groups in total. The van der Waals surface area contributed by atoms with Crippen LogP contribution in [0.15, 0.2) is 0 Å². The number of thioether (sulfide) groups is 1. The summed E-state index contributed by atoms with van der Waals surface area (Å²) >= 11 is 1.58.